The molecule has 68 valence electrons. The summed E-state index contributed by atoms with van der Waals surface area (Å²) in [4.78, 5) is 0. The van der Waals surface area contributed by atoms with E-state index in [2.05, 4.69) is 4.74 Å². The fourth-order valence-electron chi connectivity index (χ4n) is 0.252. The van der Waals surface area contributed by atoms with Crippen molar-refractivity contribution >= 4 is 0 Å². The van der Waals surface area contributed by atoms with Gasteiger partial charge in [0.1, 0.15) is 6.61 Å². The lowest BCUT2D eigenvalue weighted by Gasteiger charge is -2.11. The van der Waals surface area contributed by atoms with Gasteiger partial charge in [-0.05, 0) is 0 Å². The average molecular weight is 182 g/mol. The van der Waals surface area contributed by atoms with E-state index in [1.807, 2.05) is 0 Å². The molecule has 0 spiro atoms. The van der Waals surface area contributed by atoms with Gasteiger partial charge < -0.3 is 4.74 Å². The molecule has 0 N–H and O–H groups in total. The van der Waals surface area contributed by atoms with Crippen LogP contribution < -0.4 is 0 Å². The van der Waals surface area contributed by atoms with Gasteiger partial charge in [0.15, 0.2) is 0 Å². The summed E-state index contributed by atoms with van der Waals surface area (Å²) < 4.78 is 70.4. The smallest absolute Gasteiger partial charge is 0.335 e. The SMILES string of the molecule is FC(F)COC(F)C(F)(F)F. The molecular formula is C4H4F6O. The van der Waals surface area contributed by atoms with Gasteiger partial charge in [0.25, 0.3) is 12.8 Å². The molecule has 11 heavy (non-hydrogen) atoms. The van der Waals surface area contributed by atoms with E-state index < -0.39 is 25.6 Å². The van der Waals surface area contributed by atoms with Crippen LogP contribution in [-0.2, 0) is 4.74 Å². The fourth-order valence-corrected chi connectivity index (χ4v) is 0.252. The first-order valence-electron chi connectivity index (χ1n) is 2.44. The summed E-state index contributed by atoms with van der Waals surface area (Å²) in [6, 6.07) is 0. The first kappa shape index (κ1) is 10.5. The quantitative estimate of drug-likeness (QED) is 0.607. The Morgan fingerprint density at radius 3 is 1.82 bits per heavy atom. The molecule has 0 bridgehead atoms. The number of ether oxygens (including phenoxy) is 1. The first-order chi connectivity index (χ1) is 4.84. The van der Waals surface area contributed by atoms with Gasteiger partial charge in [-0.3, -0.25) is 0 Å². The largest absolute Gasteiger partial charge is 0.445 e. The zero-order chi connectivity index (χ0) is 9.07. The molecule has 0 rings (SSSR count). The van der Waals surface area contributed by atoms with Crippen LogP contribution in [0.1, 0.15) is 0 Å². The molecule has 0 amide bonds. The second kappa shape index (κ2) is 3.80. The molecule has 0 aromatic rings. The highest BCUT2D eigenvalue weighted by atomic mass is 19.4. The van der Waals surface area contributed by atoms with Crippen molar-refractivity contribution < 1.29 is 31.1 Å². The maximum atomic E-state index is 11.6. The topological polar surface area (TPSA) is 9.23 Å². The van der Waals surface area contributed by atoms with Crippen LogP contribution in [0.5, 0.6) is 0 Å². The van der Waals surface area contributed by atoms with Crippen molar-refractivity contribution in [3.63, 3.8) is 0 Å². The van der Waals surface area contributed by atoms with Gasteiger partial charge in [-0.2, -0.15) is 13.2 Å². The number of hydrogen-bond donors (Lipinski definition) is 0. The Labute approximate surface area is 57.9 Å². The number of rotatable bonds is 3. The third-order valence-corrected chi connectivity index (χ3v) is 0.626. The third-order valence-electron chi connectivity index (χ3n) is 0.626. The molecule has 0 aromatic heterocycles. The summed E-state index contributed by atoms with van der Waals surface area (Å²) in [7, 11) is 0. The second-order valence-electron chi connectivity index (χ2n) is 1.58. The van der Waals surface area contributed by atoms with Crippen molar-refractivity contribution in [3.8, 4) is 0 Å². The van der Waals surface area contributed by atoms with Gasteiger partial charge in [-0.15, -0.1) is 0 Å². The van der Waals surface area contributed by atoms with Crippen molar-refractivity contribution in [1.82, 2.24) is 0 Å². The number of halogens is 6. The van der Waals surface area contributed by atoms with Gasteiger partial charge in [0.2, 0.25) is 0 Å². The van der Waals surface area contributed by atoms with E-state index in [4.69, 9.17) is 0 Å². The Kier molecular flexibility index (Phi) is 3.64. The predicted octanol–water partition coefficient (Wildman–Crippen LogP) is 2.13. The molecule has 0 saturated heterocycles. The summed E-state index contributed by atoms with van der Waals surface area (Å²) in [6.07, 6.45) is -12.0. The monoisotopic (exact) mass is 182 g/mol. The predicted molar refractivity (Wildman–Crippen MR) is 22.9 cm³/mol. The van der Waals surface area contributed by atoms with Crippen molar-refractivity contribution in [2.45, 2.75) is 19.0 Å². The minimum Gasteiger partial charge on any atom is -0.335 e. The second-order valence-corrected chi connectivity index (χ2v) is 1.58. The Bertz CT molecular complexity index is 110. The third kappa shape index (κ3) is 4.88. The molecule has 0 saturated carbocycles. The van der Waals surface area contributed by atoms with Crippen LogP contribution in [0.4, 0.5) is 26.3 Å². The lowest BCUT2D eigenvalue weighted by Crippen LogP contribution is -2.28. The Balaban J connectivity index is 3.61. The van der Waals surface area contributed by atoms with Crippen molar-refractivity contribution in [1.29, 1.82) is 0 Å². The van der Waals surface area contributed by atoms with Crippen molar-refractivity contribution in [2.75, 3.05) is 6.61 Å². The summed E-state index contributed by atoms with van der Waals surface area (Å²) >= 11 is 0. The van der Waals surface area contributed by atoms with E-state index in [0.717, 1.165) is 0 Å². The van der Waals surface area contributed by atoms with Crippen LogP contribution in [0.2, 0.25) is 0 Å². The summed E-state index contributed by atoms with van der Waals surface area (Å²) in [5.74, 6) is 0. The maximum absolute atomic E-state index is 11.6. The van der Waals surface area contributed by atoms with Gasteiger partial charge in [0, 0.05) is 0 Å². The summed E-state index contributed by atoms with van der Waals surface area (Å²) in [5, 5.41) is 0. The molecule has 0 fully saturated rings. The van der Waals surface area contributed by atoms with Gasteiger partial charge in [-0.1, -0.05) is 0 Å². The Morgan fingerprint density at radius 2 is 1.55 bits per heavy atom. The highest BCUT2D eigenvalue weighted by Crippen LogP contribution is 2.23. The van der Waals surface area contributed by atoms with E-state index >= 15 is 0 Å². The zero-order valence-electron chi connectivity index (χ0n) is 5.04. The molecule has 0 heterocycles. The standard InChI is InChI=1S/C4H4F6O/c5-2(6)1-11-3(7)4(8,9)10/h2-3H,1H2. The zero-order valence-corrected chi connectivity index (χ0v) is 5.04. The van der Waals surface area contributed by atoms with E-state index in [-0.39, 0.29) is 0 Å². The van der Waals surface area contributed by atoms with Crippen LogP contribution in [-0.4, -0.2) is 25.6 Å². The van der Waals surface area contributed by atoms with Gasteiger partial charge in [0.05, 0.1) is 0 Å². The van der Waals surface area contributed by atoms with Gasteiger partial charge in [-0.25, -0.2) is 13.2 Å². The Morgan fingerprint density at radius 1 is 1.09 bits per heavy atom. The average Bonchev–Trinajstić information content (AvgIpc) is 1.80. The molecule has 1 nitrogen and oxygen atoms in total. The minimum absolute atomic E-state index is 1.55. The molecule has 0 aliphatic carbocycles. The normalized spacial score (nSPS) is 15.5. The highest BCUT2D eigenvalue weighted by molar-refractivity contribution is 4.53. The molecular weight excluding hydrogens is 178 g/mol. The minimum atomic E-state index is -5.23. The lowest BCUT2D eigenvalue weighted by molar-refractivity contribution is -0.270. The number of hydrogen-bond acceptors (Lipinski definition) is 1. The van der Waals surface area contributed by atoms with E-state index in [9.17, 15) is 26.3 Å². The van der Waals surface area contributed by atoms with Crippen molar-refractivity contribution in [3.05, 3.63) is 0 Å². The molecule has 0 radical (unpaired) electrons. The summed E-state index contributed by atoms with van der Waals surface area (Å²) in [5.41, 5.74) is 0. The highest BCUT2D eigenvalue weighted by Gasteiger charge is 2.41. The fraction of sp³-hybridized carbons (Fsp3) is 1.00. The molecule has 1 atom stereocenters. The molecule has 1 unspecified atom stereocenters. The summed E-state index contributed by atoms with van der Waals surface area (Å²) in [6.45, 7) is -1.55. The van der Waals surface area contributed by atoms with Crippen LogP contribution in [0.25, 0.3) is 0 Å². The Hall–Kier alpha value is -0.460. The van der Waals surface area contributed by atoms with Crippen LogP contribution in [0.15, 0.2) is 0 Å². The molecule has 0 aromatic carbocycles. The van der Waals surface area contributed by atoms with E-state index in [0.29, 0.717) is 0 Å². The lowest BCUT2D eigenvalue weighted by atomic mass is 10.6. The molecule has 0 aliphatic heterocycles. The maximum Gasteiger partial charge on any atom is 0.445 e. The first-order valence-corrected chi connectivity index (χ1v) is 2.44. The number of alkyl halides is 6. The van der Waals surface area contributed by atoms with Crippen molar-refractivity contribution in [2.24, 2.45) is 0 Å². The van der Waals surface area contributed by atoms with Crippen LogP contribution >= 0.6 is 0 Å². The van der Waals surface area contributed by atoms with Gasteiger partial charge >= 0.3 is 6.18 Å². The van der Waals surface area contributed by atoms with Crippen LogP contribution in [0.3, 0.4) is 0 Å². The molecule has 0 aliphatic rings. The molecule has 7 heteroatoms. The van der Waals surface area contributed by atoms with E-state index in [1.165, 1.54) is 0 Å². The van der Waals surface area contributed by atoms with E-state index in [1.54, 1.807) is 0 Å². The van der Waals surface area contributed by atoms with Crippen LogP contribution in [0, 0.1) is 0 Å².